The summed E-state index contributed by atoms with van der Waals surface area (Å²) in [4.78, 5) is 2.43. The van der Waals surface area contributed by atoms with Gasteiger partial charge in [0.15, 0.2) is 0 Å². The Morgan fingerprint density at radius 3 is 2.47 bits per heavy atom. The Kier molecular flexibility index (Phi) is 4.48. The van der Waals surface area contributed by atoms with Crippen LogP contribution in [-0.4, -0.2) is 29.6 Å². The van der Waals surface area contributed by atoms with Crippen LogP contribution in [0.1, 0.15) is 36.0 Å². The van der Waals surface area contributed by atoms with Gasteiger partial charge in [0, 0.05) is 12.6 Å². The summed E-state index contributed by atoms with van der Waals surface area (Å²) in [6.45, 7) is 5.65. The summed E-state index contributed by atoms with van der Waals surface area (Å²) < 4.78 is 0. The van der Waals surface area contributed by atoms with E-state index in [4.69, 9.17) is 5.73 Å². The molecular weight excluding hydrogens is 236 g/mol. The van der Waals surface area contributed by atoms with E-state index in [9.17, 15) is 5.11 Å². The van der Waals surface area contributed by atoms with Gasteiger partial charge in [-0.3, -0.25) is 4.90 Å². The van der Waals surface area contributed by atoms with E-state index in [0.717, 1.165) is 24.2 Å². The molecule has 2 unspecified atom stereocenters. The molecule has 19 heavy (non-hydrogen) atoms. The van der Waals surface area contributed by atoms with E-state index in [1.807, 2.05) is 13.8 Å². The first-order chi connectivity index (χ1) is 9.02. The number of aromatic hydroxyl groups is 1. The monoisotopic (exact) mass is 262 g/mol. The van der Waals surface area contributed by atoms with Crippen LogP contribution in [-0.2, 0) is 6.54 Å². The maximum absolute atomic E-state index is 9.83. The zero-order valence-corrected chi connectivity index (χ0v) is 12.3. The van der Waals surface area contributed by atoms with Crippen LogP contribution in [0.25, 0.3) is 0 Å². The van der Waals surface area contributed by atoms with Gasteiger partial charge in [-0.2, -0.15) is 0 Å². The van der Waals surface area contributed by atoms with Gasteiger partial charge >= 0.3 is 0 Å². The fourth-order valence-electron chi connectivity index (χ4n) is 3.41. The number of nitrogens with zero attached hydrogens (tertiary/aromatic N) is 1. The highest BCUT2D eigenvalue weighted by Gasteiger charge is 2.29. The van der Waals surface area contributed by atoms with E-state index in [2.05, 4.69) is 24.1 Å². The largest absolute Gasteiger partial charge is 0.507 e. The Morgan fingerprint density at radius 2 is 1.89 bits per heavy atom. The van der Waals surface area contributed by atoms with Crippen LogP contribution in [0, 0.1) is 19.8 Å². The highest BCUT2D eigenvalue weighted by Crippen LogP contribution is 2.30. The molecule has 0 aromatic heterocycles. The molecule has 0 saturated heterocycles. The molecular formula is C16H26N2O. The molecule has 0 spiro atoms. The van der Waals surface area contributed by atoms with Crippen molar-refractivity contribution >= 4 is 0 Å². The molecule has 3 nitrogen and oxygen atoms in total. The second-order valence-electron chi connectivity index (χ2n) is 5.99. The van der Waals surface area contributed by atoms with Crippen LogP contribution >= 0.6 is 0 Å². The number of rotatable bonds is 4. The number of phenolic OH excluding ortho intramolecular Hbond substituents is 1. The maximum Gasteiger partial charge on any atom is 0.121 e. The van der Waals surface area contributed by atoms with E-state index < -0.39 is 0 Å². The minimum Gasteiger partial charge on any atom is -0.507 e. The first-order valence-electron chi connectivity index (χ1n) is 7.22. The molecule has 1 aromatic rings. The molecule has 1 aromatic carbocycles. The molecule has 0 bridgehead atoms. The average Bonchev–Trinajstić information content (AvgIpc) is 2.84. The van der Waals surface area contributed by atoms with Crippen molar-refractivity contribution in [1.29, 1.82) is 0 Å². The number of nitrogens with two attached hydrogens (primary N) is 1. The lowest BCUT2D eigenvalue weighted by atomic mass is 10.0. The minimum atomic E-state index is 0.423. The summed E-state index contributed by atoms with van der Waals surface area (Å²) in [5.41, 5.74) is 9.07. The Bertz CT molecular complexity index is 421. The van der Waals surface area contributed by atoms with Gasteiger partial charge in [0.2, 0.25) is 0 Å². The molecule has 0 amide bonds. The van der Waals surface area contributed by atoms with Crippen molar-refractivity contribution in [1.82, 2.24) is 4.90 Å². The molecule has 3 N–H and O–H groups in total. The maximum atomic E-state index is 9.83. The predicted molar refractivity (Wildman–Crippen MR) is 79.2 cm³/mol. The second kappa shape index (κ2) is 5.93. The first-order valence-corrected chi connectivity index (χ1v) is 7.22. The normalized spacial score (nSPS) is 23.2. The van der Waals surface area contributed by atoms with Crippen LogP contribution < -0.4 is 5.73 Å². The Labute approximate surface area is 116 Å². The third-order valence-corrected chi connectivity index (χ3v) is 4.47. The molecule has 106 valence electrons. The van der Waals surface area contributed by atoms with Gasteiger partial charge in [0.1, 0.15) is 5.75 Å². The van der Waals surface area contributed by atoms with Gasteiger partial charge in [-0.15, -0.1) is 0 Å². The SMILES string of the molecule is Cc1cc(CN(C)C2CCCC2CN)cc(C)c1O. The predicted octanol–water partition coefficient (Wildman–Crippen LogP) is 2.57. The topological polar surface area (TPSA) is 49.5 Å². The van der Waals surface area contributed by atoms with Gasteiger partial charge in [-0.25, -0.2) is 0 Å². The van der Waals surface area contributed by atoms with E-state index in [1.165, 1.54) is 24.8 Å². The zero-order valence-electron chi connectivity index (χ0n) is 12.3. The highest BCUT2D eigenvalue weighted by molar-refractivity contribution is 5.42. The van der Waals surface area contributed by atoms with Crippen molar-refractivity contribution < 1.29 is 5.11 Å². The number of phenols is 1. The molecule has 1 saturated carbocycles. The molecule has 0 radical (unpaired) electrons. The fraction of sp³-hybridized carbons (Fsp3) is 0.625. The van der Waals surface area contributed by atoms with Crippen molar-refractivity contribution in [2.24, 2.45) is 11.7 Å². The van der Waals surface area contributed by atoms with E-state index in [0.29, 0.717) is 17.7 Å². The third-order valence-electron chi connectivity index (χ3n) is 4.47. The molecule has 1 aliphatic carbocycles. The number of hydrogen-bond donors (Lipinski definition) is 2. The molecule has 2 rings (SSSR count). The summed E-state index contributed by atoms with van der Waals surface area (Å²) >= 11 is 0. The van der Waals surface area contributed by atoms with Crippen molar-refractivity contribution in [3.8, 4) is 5.75 Å². The van der Waals surface area contributed by atoms with Gasteiger partial charge in [-0.05, 0) is 62.9 Å². The fourth-order valence-corrected chi connectivity index (χ4v) is 3.41. The molecule has 0 aliphatic heterocycles. The second-order valence-corrected chi connectivity index (χ2v) is 5.99. The molecule has 1 fully saturated rings. The van der Waals surface area contributed by atoms with Crippen molar-refractivity contribution in [3.05, 3.63) is 28.8 Å². The Hall–Kier alpha value is -1.06. The van der Waals surface area contributed by atoms with Crippen LogP contribution in [0.3, 0.4) is 0 Å². The average molecular weight is 262 g/mol. The van der Waals surface area contributed by atoms with E-state index in [1.54, 1.807) is 0 Å². The van der Waals surface area contributed by atoms with Gasteiger partial charge in [0.05, 0.1) is 0 Å². The quantitative estimate of drug-likeness (QED) is 0.877. The van der Waals surface area contributed by atoms with Crippen molar-refractivity contribution in [2.45, 2.75) is 45.7 Å². The Morgan fingerprint density at radius 1 is 1.26 bits per heavy atom. The van der Waals surface area contributed by atoms with Crippen LogP contribution in [0.2, 0.25) is 0 Å². The number of benzene rings is 1. The molecule has 1 aliphatic rings. The van der Waals surface area contributed by atoms with Gasteiger partial charge in [0.25, 0.3) is 0 Å². The summed E-state index contributed by atoms with van der Waals surface area (Å²) in [6, 6.07) is 4.79. The summed E-state index contributed by atoms with van der Waals surface area (Å²) in [5, 5.41) is 9.83. The molecule has 2 atom stereocenters. The van der Waals surface area contributed by atoms with Gasteiger partial charge < -0.3 is 10.8 Å². The first kappa shape index (κ1) is 14.4. The van der Waals surface area contributed by atoms with Crippen molar-refractivity contribution in [3.63, 3.8) is 0 Å². The lowest BCUT2D eigenvalue weighted by Gasteiger charge is -2.29. The Balaban J connectivity index is 2.08. The van der Waals surface area contributed by atoms with Crippen LogP contribution in [0.5, 0.6) is 5.75 Å². The smallest absolute Gasteiger partial charge is 0.121 e. The van der Waals surface area contributed by atoms with Crippen LogP contribution in [0.15, 0.2) is 12.1 Å². The minimum absolute atomic E-state index is 0.423. The van der Waals surface area contributed by atoms with E-state index >= 15 is 0 Å². The molecule has 3 heteroatoms. The molecule has 0 heterocycles. The zero-order chi connectivity index (χ0) is 14.0. The summed E-state index contributed by atoms with van der Waals surface area (Å²) in [5.74, 6) is 1.07. The van der Waals surface area contributed by atoms with E-state index in [-0.39, 0.29) is 0 Å². The number of hydrogen-bond acceptors (Lipinski definition) is 3. The number of aryl methyl sites for hydroxylation is 2. The highest BCUT2D eigenvalue weighted by atomic mass is 16.3. The van der Waals surface area contributed by atoms with Gasteiger partial charge in [-0.1, -0.05) is 18.6 Å². The third kappa shape index (κ3) is 3.10. The van der Waals surface area contributed by atoms with Crippen molar-refractivity contribution in [2.75, 3.05) is 13.6 Å². The lowest BCUT2D eigenvalue weighted by Crippen LogP contribution is -2.37. The standard InChI is InChI=1S/C16H26N2O/c1-11-7-13(8-12(2)16(11)19)10-18(3)15-6-4-5-14(15)9-17/h7-8,14-15,19H,4-6,9-10,17H2,1-3H3. The lowest BCUT2D eigenvalue weighted by molar-refractivity contribution is 0.193. The summed E-state index contributed by atoms with van der Waals surface area (Å²) in [6.07, 6.45) is 3.82. The van der Waals surface area contributed by atoms with Crippen LogP contribution in [0.4, 0.5) is 0 Å². The summed E-state index contributed by atoms with van der Waals surface area (Å²) in [7, 11) is 2.19.